The van der Waals surface area contributed by atoms with Gasteiger partial charge in [0.05, 0.1) is 0 Å². The van der Waals surface area contributed by atoms with Gasteiger partial charge in [-0.25, -0.2) is 4.79 Å². The Morgan fingerprint density at radius 1 is 0.500 bits per heavy atom. The molecule has 0 saturated heterocycles. The lowest BCUT2D eigenvalue weighted by Gasteiger charge is -2.15. The molecule has 260 valence electrons. The van der Waals surface area contributed by atoms with E-state index < -0.39 is 12.0 Å². The summed E-state index contributed by atoms with van der Waals surface area (Å²) in [7, 11) is 0. The van der Waals surface area contributed by atoms with Crippen molar-refractivity contribution in [3.63, 3.8) is 0 Å². The lowest BCUT2D eigenvalue weighted by Crippen LogP contribution is -2.40. The number of aryl methyl sites for hydroxylation is 2. The zero-order valence-electron chi connectivity index (χ0n) is 29.2. The highest BCUT2D eigenvalue weighted by Gasteiger charge is 2.20. The first-order valence-corrected chi connectivity index (χ1v) is 18.5. The maximum atomic E-state index is 12.8. The lowest BCUT2D eigenvalue weighted by atomic mass is 9.90. The number of aliphatic carboxylic acids is 1. The van der Waals surface area contributed by atoms with E-state index >= 15 is 0 Å². The van der Waals surface area contributed by atoms with Crippen LogP contribution in [0.15, 0.2) is 109 Å². The molecule has 0 heterocycles. The zero-order chi connectivity index (χ0) is 35.6. The second-order valence-electron chi connectivity index (χ2n) is 14.2. The molecule has 2 amide bonds. The first kappa shape index (κ1) is 33.4. The number of benzene rings is 8. The van der Waals surface area contributed by atoms with Crippen LogP contribution in [0.3, 0.4) is 0 Å². The van der Waals surface area contributed by atoms with E-state index in [9.17, 15) is 19.5 Å². The first-order valence-electron chi connectivity index (χ1n) is 18.5. The molecule has 6 nitrogen and oxygen atoms in total. The fourth-order valence-corrected chi connectivity index (χ4v) is 8.22. The Balaban J connectivity index is 0.769. The van der Waals surface area contributed by atoms with Gasteiger partial charge in [-0.05, 0) is 121 Å². The summed E-state index contributed by atoms with van der Waals surface area (Å²) in [5.74, 6) is -1.27. The number of carbonyl (C=O) groups excluding carboxylic acids is 2. The zero-order valence-corrected chi connectivity index (χ0v) is 29.2. The molecule has 1 atom stereocenters. The Hall–Kier alpha value is -5.75. The minimum atomic E-state index is -1.03. The number of unbranched alkanes of at least 4 members (excludes halogenated alkanes) is 1. The Kier molecular flexibility index (Phi) is 9.29. The summed E-state index contributed by atoms with van der Waals surface area (Å²) in [5, 5.41) is 30.5. The number of nitrogens with one attached hydrogen (secondary N) is 2. The molecule has 0 fully saturated rings. The molecule has 3 N–H and O–H groups in total. The maximum Gasteiger partial charge on any atom is 0.326 e. The van der Waals surface area contributed by atoms with Gasteiger partial charge in [-0.3, -0.25) is 9.59 Å². The van der Waals surface area contributed by atoms with E-state index in [1.54, 1.807) is 0 Å². The standard InChI is InChI=1S/C46H42N2O4/c49-40(14-5-7-29-16-18-35-22-20-31-9-3-11-33-24-26-37(29)44(35)42(31)33)47-28-2-1-13-39(46(51)52)48-41(50)15-6-8-30-17-19-36-23-21-32-10-4-12-34-25-27-38(30)45(36)43(32)34/h3-4,9-12,16-27,39H,1-2,5-8,13-15,28H2,(H,47,49)(H,48,50)(H,51,52)/t39-/m0/s1. The predicted molar refractivity (Wildman–Crippen MR) is 213 cm³/mol. The van der Waals surface area contributed by atoms with Crippen molar-refractivity contribution in [2.45, 2.75) is 63.8 Å². The molecule has 0 radical (unpaired) electrons. The van der Waals surface area contributed by atoms with Gasteiger partial charge in [0.15, 0.2) is 0 Å². The minimum absolute atomic E-state index is 0.00507. The van der Waals surface area contributed by atoms with Crippen LogP contribution in [0.5, 0.6) is 0 Å². The highest BCUT2D eigenvalue weighted by molar-refractivity contribution is 6.24. The van der Waals surface area contributed by atoms with Crippen LogP contribution < -0.4 is 10.6 Å². The summed E-state index contributed by atoms with van der Waals surface area (Å²) in [6.45, 7) is 0.483. The summed E-state index contributed by atoms with van der Waals surface area (Å²) < 4.78 is 0. The molecule has 8 rings (SSSR count). The highest BCUT2D eigenvalue weighted by atomic mass is 16.4. The number of hydrogen-bond acceptors (Lipinski definition) is 3. The van der Waals surface area contributed by atoms with E-state index in [2.05, 4.69) is 120 Å². The van der Waals surface area contributed by atoms with Gasteiger partial charge >= 0.3 is 5.97 Å². The van der Waals surface area contributed by atoms with Crippen LogP contribution in [-0.2, 0) is 27.2 Å². The van der Waals surface area contributed by atoms with Crippen molar-refractivity contribution in [1.82, 2.24) is 10.6 Å². The molecule has 0 aliphatic rings. The van der Waals surface area contributed by atoms with Crippen LogP contribution in [0, 0.1) is 0 Å². The molecule has 8 aromatic rings. The molecule has 0 aliphatic heterocycles. The van der Waals surface area contributed by atoms with E-state index in [0.29, 0.717) is 38.6 Å². The third kappa shape index (κ3) is 6.57. The molecule has 8 aromatic carbocycles. The number of hydrogen-bond donors (Lipinski definition) is 3. The van der Waals surface area contributed by atoms with E-state index in [0.717, 1.165) is 19.3 Å². The summed E-state index contributed by atoms with van der Waals surface area (Å²) in [5.41, 5.74) is 2.45. The van der Waals surface area contributed by atoms with Crippen molar-refractivity contribution in [3.8, 4) is 0 Å². The summed E-state index contributed by atoms with van der Waals surface area (Å²) in [6, 6.07) is 38.0. The van der Waals surface area contributed by atoms with Gasteiger partial charge in [0, 0.05) is 19.4 Å². The molecule has 0 aliphatic carbocycles. The van der Waals surface area contributed by atoms with Crippen molar-refractivity contribution in [2.75, 3.05) is 6.54 Å². The Morgan fingerprint density at radius 3 is 1.44 bits per heavy atom. The molecule has 0 saturated carbocycles. The Morgan fingerprint density at radius 2 is 0.942 bits per heavy atom. The number of carboxylic acids is 1. The van der Waals surface area contributed by atoms with Gasteiger partial charge in [-0.15, -0.1) is 0 Å². The predicted octanol–water partition coefficient (Wildman–Crippen LogP) is 9.68. The van der Waals surface area contributed by atoms with Crippen molar-refractivity contribution in [1.29, 1.82) is 0 Å². The number of carboxylic acid groups (broad SMARTS) is 1. The molecule has 0 spiro atoms. The number of amides is 2. The van der Waals surface area contributed by atoms with Crippen LogP contribution in [0.2, 0.25) is 0 Å². The van der Waals surface area contributed by atoms with Crippen LogP contribution in [0.1, 0.15) is 56.1 Å². The van der Waals surface area contributed by atoms with Gasteiger partial charge < -0.3 is 15.7 Å². The largest absolute Gasteiger partial charge is 0.480 e. The Labute approximate surface area is 302 Å². The normalized spacial score (nSPS) is 12.5. The lowest BCUT2D eigenvalue weighted by molar-refractivity contribution is -0.142. The highest BCUT2D eigenvalue weighted by Crippen LogP contribution is 2.37. The molecule has 0 aromatic heterocycles. The fraction of sp³-hybridized carbons (Fsp3) is 0.239. The van der Waals surface area contributed by atoms with Crippen LogP contribution >= 0.6 is 0 Å². The van der Waals surface area contributed by atoms with Crippen molar-refractivity contribution >= 4 is 82.4 Å². The molecular formula is C46H42N2O4. The van der Waals surface area contributed by atoms with Gasteiger partial charge in [0.2, 0.25) is 11.8 Å². The third-order valence-electron chi connectivity index (χ3n) is 10.8. The second kappa shape index (κ2) is 14.5. The van der Waals surface area contributed by atoms with Crippen LogP contribution in [0.25, 0.3) is 64.6 Å². The van der Waals surface area contributed by atoms with Gasteiger partial charge in [0.1, 0.15) is 6.04 Å². The van der Waals surface area contributed by atoms with Gasteiger partial charge in [-0.2, -0.15) is 0 Å². The van der Waals surface area contributed by atoms with Gasteiger partial charge in [0.25, 0.3) is 0 Å². The summed E-state index contributed by atoms with van der Waals surface area (Å²) >= 11 is 0. The van der Waals surface area contributed by atoms with E-state index in [4.69, 9.17) is 0 Å². The van der Waals surface area contributed by atoms with E-state index in [-0.39, 0.29) is 18.2 Å². The SMILES string of the molecule is O=C(CCCc1ccc2ccc3cccc4ccc1c2c34)NCCCC[C@H](NC(=O)CCCc1ccc2ccc3cccc4ccc1c2c34)C(=O)O. The monoisotopic (exact) mass is 686 g/mol. The smallest absolute Gasteiger partial charge is 0.326 e. The number of rotatable bonds is 15. The molecule has 6 heteroatoms. The van der Waals surface area contributed by atoms with Crippen LogP contribution in [-0.4, -0.2) is 35.5 Å². The summed E-state index contributed by atoms with van der Waals surface area (Å²) in [4.78, 5) is 37.4. The first-order chi connectivity index (χ1) is 25.4. The quantitative estimate of drug-likeness (QED) is 0.0739. The van der Waals surface area contributed by atoms with Gasteiger partial charge in [-0.1, -0.05) is 109 Å². The number of carbonyl (C=O) groups is 3. The summed E-state index contributed by atoms with van der Waals surface area (Å²) in [6.07, 6.45) is 5.18. The molecule has 0 unspecified atom stereocenters. The second-order valence-corrected chi connectivity index (χ2v) is 14.2. The van der Waals surface area contributed by atoms with E-state index in [1.165, 1.54) is 75.8 Å². The topological polar surface area (TPSA) is 95.5 Å². The molecule has 52 heavy (non-hydrogen) atoms. The minimum Gasteiger partial charge on any atom is -0.480 e. The van der Waals surface area contributed by atoms with Crippen LogP contribution in [0.4, 0.5) is 0 Å². The maximum absolute atomic E-state index is 12.8. The van der Waals surface area contributed by atoms with E-state index in [1.807, 2.05) is 0 Å². The molecule has 0 bridgehead atoms. The fourth-order valence-electron chi connectivity index (χ4n) is 8.22. The van der Waals surface area contributed by atoms with Crippen molar-refractivity contribution in [3.05, 3.63) is 120 Å². The Bertz CT molecular complexity index is 2540. The average molecular weight is 687 g/mol. The van der Waals surface area contributed by atoms with Crippen molar-refractivity contribution in [2.24, 2.45) is 0 Å². The van der Waals surface area contributed by atoms with Crippen molar-refractivity contribution < 1.29 is 19.5 Å². The third-order valence-corrected chi connectivity index (χ3v) is 10.8. The average Bonchev–Trinajstić information content (AvgIpc) is 3.16. The molecular weight excluding hydrogens is 645 g/mol.